The second-order valence-electron chi connectivity index (χ2n) is 5.23. The van der Waals surface area contributed by atoms with Crippen molar-refractivity contribution in [3.05, 3.63) is 29.8 Å². The van der Waals surface area contributed by atoms with Gasteiger partial charge in [0.15, 0.2) is 0 Å². The lowest BCUT2D eigenvalue weighted by Crippen LogP contribution is -2.47. The topological polar surface area (TPSA) is 37.3 Å². The van der Waals surface area contributed by atoms with Crippen molar-refractivity contribution < 1.29 is 9.90 Å². The molecule has 0 aromatic heterocycles. The highest BCUT2D eigenvalue weighted by molar-refractivity contribution is 8.01. The molecule has 98 valence electrons. The Morgan fingerprint density at radius 2 is 2.11 bits per heavy atom. The standard InChI is InChI=1S/C15H20O2S/c1-3-6-12-9-15(10-12,14(16)17)18-13-8-5-4-7-11(13)2/h4-5,7-8,12H,3,6,9-10H2,1-2H3,(H,16,17). The third kappa shape index (κ3) is 2.56. The first kappa shape index (κ1) is 13.5. The predicted octanol–water partition coefficient (Wildman–Crippen LogP) is 4.12. The minimum Gasteiger partial charge on any atom is -0.480 e. The first-order chi connectivity index (χ1) is 8.57. The van der Waals surface area contributed by atoms with Crippen LogP contribution in [0.5, 0.6) is 0 Å². The molecule has 18 heavy (non-hydrogen) atoms. The molecule has 0 spiro atoms. The van der Waals surface area contributed by atoms with Gasteiger partial charge in [-0.15, -0.1) is 11.8 Å². The molecule has 1 aliphatic rings. The Kier molecular flexibility index (Phi) is 4.00. The zero-order chi connectivity index (χ0) is 13.2. The molecule has 0 amide bonds. The summed E-state index contributed by atoms with van der Waals surface area (Å²) in [6.45, 7) is 4.20. The van der Waals surface area contributed by atoms with Gasteiger partial charge in [-0.25, -0.2) is 0 Å². The molecule has 1 fully saturated rings. The van der Waals surface area contributed by atoms with Crippen molar-refractivity contribution in [3.8, 4) is 0 Å². The fourth-order valence-electron chi connectivity index (χ4n) is 2.67. The molecule has 0 radical (unpaired) electrons. The molecular formula is C15H20O2S. The van der Waals surface area contributed by atoms with Crippen molar-refractivity contribution in [2.24, 2.45) is 5.92 Å². The van der Waals surface area contributed by atoms with Gasteiger partial charge in [0.25, 0.3) is 0 Å². The van der Waals surface area contributed by atoms with Crippen LogP contribution >= 0.6 is 11.8 Å². The SMILES string of the molecule is CCCC1CC(Sc2ccccc2C)(C(=O)O)C1. The molecule has 0 saturated heterocycles. The zero-order valence-electron chi connectivity index (χ0n) is 11.0. The quantitative estimate of drug-likeness (QED) is 0.869. The molecule has 1 saturated carbocycles. The summed E-state index contributed by atoms with van der Waals surface area (Å²) in [7, 11) is 0. The number of carboxylic acid groups (broad SMARTS) is 1. The average Bonchev–Trinajstić information content (AvgIpc) is 2.28. The van der Waals surface area contributed by atoms with E-state index in [4.69, 9.17) is 0 Å². The monoisotopic (exact) mass is 264 g/mol. The highest BCUT2D eigenvalue weighted by atomic mass is 32.2. The van der Waals surface area contributed by atoms with E-state index in [-0.39, 0.29) is 0 Å². The lowest BCUT2D eigenvalue weighted by Gasteiger charge is -2.44. The highest BCUT2D eigenvalue weighted by Gasteiger charge is 2.50. The van der Waals surface area contributed by atoms with Crippen molar-refractivity contribution in [3.63, 3.8) is 0 Å². The maximum atomic E-state index is 11.5. The van der Waals surface area contributed by atoms with Crippen LogP contribution < -0.4 is 0 Å². The predicted molar refractivity (Wildman–Crippen MR) is 75.0 cm³/mol. The Labute approximate surface area is 113 Å². The van der Waals surface area contributed by atoms with Gasteiger partial charge in [-0.3, -0.25) is 4.79 Å². The van der Waals surface area contributed by atoms with Crippen molar-refractivity contribution in [2.45, 2.75) is 49.2 Å². The molecule has 0 heterocycles. The normalized spacial score (nSPS) is 26.7. The van der Waals surface area contributed by atoms with Crippen LogP contribution in [0.3, 0.4) is 0 Å². The third-order valence-electron chi connectivity index (χ3n) is 3.72. The Morgan fingerprint density at radius 1 is 1.44 bits per heavy atom. The largest absolute Gasteiger partial charge is 0.480 e. The van der Waals surface area contributed by atoms with Crippen molar-refractivity contribution in [1.82, 2.24) is 0 Å². The minimum atomic E-state index is -0.650. The van der Waals surface area contributed by atoms with E-state index < -0.39 is 10.7 Å². The van der Waals surface area contributed by atoms with Gasteiger partial charge in [-0.1, -0.05) is 38.0 Å². The van der Waals surface area contributed by atoms with E-state index in [0.29, 0.717) is 5.92 Å². The first-order valence-corrected chi connectivity index (χ1v) is 7.37. The van der Waals surface area contributed by atoms with E-state index in [1.165, 1.54) is 5.56 Å². The molecule has 1 aromatic rings. The fraction of sp³-hybridized carbons (Fsp3) is 0.533. The summed E-state index contributed by atoms with van der Waals surface area (Å²) in [6.07, 6.45) is 3.93. The van der Waals surface area contributed by atoms with Gasteiger partial charge < -0.3 is 5.11 Å². The molecule has 2 rings (SSSR count). The number of hydrogen-bond acceptors (Lipinski definition) is 2. The van der Waals surface area contributed by atoms with E-state index in [9.17, 15) is 9.90 Å². The number of carboxylic acids is 1. The Morgan fingerprint density at radius 3 is 2.67 bits per heavy atom. The summed E-state index contributed by atoms with van der Waals surface area (Å²) < 4.78 is -0.577. The van der Waals surface area contributed by atoms with Gasteiger partial charge in [0.05, 0.1) is 0 Å². The van der Waals surface area contributed by atoms with Gasteiger partial charge in [-0.05, 0) is 37.3 Å². The molecule has 0 atom stereocenters. The lowest BCUT2D eigenvalue weighted by atomic mass is 9.72. The minimum absolute atomic E-state index is 0.577. The molecule has 0 unspecified atom stereocenters. The van der Waals surface area contributed by atoms with Crippen LogP contribution in [0.1, 0.15) is 38.2 Å². The smallest absolute Gasteiger partial charge is 0.320 e. The van der Waals surface area contributed by atoms with Gasteiger partial charge in [0.1, 0.15) is 4.75 Å². The van der Waals surface area contributed by atoms with Crippen LogP contribution in [0.25, 0.3) is 0 Å². The van der Waals surface area contributed by atoms with E-state index in [0.717, 1.165) is 30.6 Å². The first-order valence-electron chi connectivity index (χ1n) is 6.55. The average molecular weight is 264 g/mol. The number of rotatable bonds is 5. The Bertz CT molecular complexity index is 436. The molecule has 2 nitrogen and oxygen atoms in total. The summed E-state index contributed by atoms with van der Waals surface area (Å²) in [4.78, 5) is 12.7. The molecule has 1 aromatic carbocycles. The molecule has 1 N–H and O–H groups in total. The van der Waals surface area contributed by atoms with Crippen LogP contribution in [0.4, 0.5) is 0 Å². The highest BCUT2D eigenvalue weighted by Crippen LogP contribution is 2.52. The Balaban J connectivity index is 2.10. The van der Waals surface area contributed by atoms with Crippen molar-refractivity contribution in [2.75, 3.05) is 0 Å². The lowest BCUT2D eigenvalue weighted by molar-refractivity contribution is -0.143. The molecule has 1 aliphatic carbocycles. The van der Waals surface area contributed by atoms with Crippen molar-refractivity contribution in [1.29, 1.82) is 0 Å². The fourth-order valence-corrected chi connectivity index (χ4v) is 4.19. The molecule has 3 heteroatoms. The van der Waals surface area contributed by atoms with Crippen LogP contribution in [0.15, 0.2) is 29.2 Å². The van der Waals surface area contributed by atoms with Crippen LogP contribution in [-0.4, -0.2) is 15.8 Å². The second kappa shape index (κ2) is 5.35. The number of aliphatic carboxylic acids is 1. The van der Waals surface area contributed by atoms with E-state index in [1.54, 1.807) is 11.8 Å². The maximum absolute atomic E-state index is 11.5. The molecule has 0 bridgehead atoms. The number of hydrogen-bond donors (Lipinski definition) is 1. The summed E-state index contributed by atoms with van der Waals surface area (Å²) in [5.74, 6) is -0.0503. The summed E-state index contributed by atoms with van der Waals surface area (Å²) >= 11 is 1.54. The zero-order valence-corrected chi connectivity index (χ0v) is 11.8. The van der Waals surface area contributed by atoms with Gasteiger partial charge >= 0.3 is 5.97 Å². The van der Waals surface area contributed by atoms with Gasteiger partial charge in [0, 0.05) is 4.90 Å². The maximum Gasteiger partial charge on any atom is 0.320 e. The number of aryl methyl sites for hydroxylation is 1. The van der Waals surface area contributed by atoms with Crippen LogP contribution in [0.2, 0.25) is 0 Å². The van der Waals surface area contributed by atoms with E-state index in [2.05, 4.69) is 6.92 Å². The van der Waals surface area contributed by atoms with E-state index >= 15 is 0 Å². The number of benzene rings is 1. The van der Waals surface area contributed by atoms with Gasteiger partial charge in [0.2, 0.25) is 0 Å². The third-order valence-corrected chi connectivity index (χ3v) is 5.30. The summed E-state index contributed by atoms with van der Waals surface area (Å²) in [5, 5.41) is 9.50. The van der Waals surface area contributed by atoms with E-state index in [1.807, 2.05) is 31.2 Å². The Hall–Kier alpha value is -0.960. The molecular weight excluding hydrogens is 244 g/mol. The molecule has 0 aliphatic heterocycles. The van der Waals surface area contributed by atoms with Gasteiger partial charge in [-0.2, -0.15) is 0 Å². The number of carbonyl (C=O) groups is 1. The second-order valence-corrected chi connectivity index (χ2v) is 6.66. The summed E-state index contributed by atoms with van der Waals surface area (Å²) in [6, 6.07) is 8.04. The number of thioether (sulfide) groups is 1. The van der Waals surface area contributed by atoms with Crippen LogP contribution in [-0.2, 0) is 4.79 Å². The van der Waals surface area contributed by atoms with Crippen molar-refractivity contribution >= 4 is 17.7 Å². The summed E-state index contributed by atoms with van der Waals surface area (Å²) in [5.41, 5.74) is 1.17. The van der Waals surface area contributed by atoms with Crippen LogP contribution in [0, 0.1) is 12.8 Å².